The van der Waals surface area contributed by atoms with Gasteiger partial charge in [0.05, 0.1) is 12.0 Å². The zero-order valence-corrected chi connectivity index (χ0v) is 11.1. The lowest BCUT2D eigenvalue weighted by molar-refractivity contribution is -0.157. The van der Waals surface area contributed by atoms with E-state index in [2.05, 4.69) is 26.1 Å². The lowest BCUT2D eigenvalue weighted by atomic mass is 9.81. The van der Waals surface area contributed by atoms with Crippen LogP contribution in [0.4, 0.5) is 0 Å². The Morgan fingerprint density at radius 3 is 2.38 bits per heavy atom. The van der Waals surface area contributed by atoms with Crippen LogP contribution in [0.3, 0.4) is 0 Å². The lowest BCUT2D eigenvalue weighted by Gasteiger charge is -2.32. The van der Waals surface area contributed by atoms with Crippen molar-refractivity contribution in [3.8, 4) is 0 Å². The van der Waals surface area contributed by atoms with Crippen LogP contribution in [-0.4, -0.2) is 25.7 Å². The maximum atomic E-state index is 12.0. The fourth-order valence-corrected chi connectivity index (χ4v) is 1.81. The van der Waals surface area contributed by atoms with Gasteiger partial charge >= 0.3 is 5.97 Å². The zero-order valence-electron chi connectivity index (χ0n) is 11.1. The zero-order chi connectivity index (χ0) is 12.2. The quantitative estimate of drug-likeness (QED) is 0.752. The molecule has 1 heterocycles. The van der Waals surface area contributed by atoms with Crippen molar-refractivity contribution < 1.29 is 9.53 Å². The van der Waals surface area contributed by atoms with E-state index < -0.39 is 0 Å². The van der Waals surface area contributed by atoms with Crippen LogP contribution in [0.1, 0.15) is 47.0 Å². The molecule has 0 aliphatic carbocycles. The van der Waals surface area contributed by atoms with Gasteiger partial charge in [0.1, 0.15) is 0 Å². The van der Waals surface area contributed by atoms with Crippen molar-refractivity contribution >= 4 is 5.97 Å². The second-order valence-corrected chi connectivity index (χ2v) is 6.26. The fraction of sp³-hybridized carbons (Fsp3) is 0.923. The van der Waals surface area contributed by atoms with Gasteiger partial charge in [0.15, 0.2) is 0 Å². The van der Waals surface area contributed by atoms with Crippen molar-refractivity contribution in [2.45, 2.75) is 47.0 Å². The summed E-state index contributed by atoms with van der Waals surface area (Å²) in [5.41, 5.74) is -0.0293. The maximum absolute atomic E-state index is 12.0. The number of rotatable bonds is 3. The molecule has 1 N–H and O–H groups in total. The summed E-state index contributed by atoms with van der Waals surface area (Å²) < 4.78 is 5.39. The fourth-order valence-electron chi connectivity index (χ4n) is 1.81. The normalized spacial score (nSPS) is 20.5. The molecule has 1 rings (SSSR count). The molecular weight excluding hydrogens is 202 g/mol. The molecule has 0 aromatic heterocycles. The van der Waals surface area contributed by atoms with Crippen molar-refractivity contribution in [1.82, 2.24) is 5.32 Å². The predicted molar refractivity (Wildman–Crippen MR) is 65.2 cm³/mol. The van der Waals surface area contributed by atoms with Gasteiger partial charge in [0.25, 0.3) is 0 Å². The molecule has 0 unspecified atom stereocenters. The summed E-state index contributed by atoms with van der Waals surface area (Å²) in [4.78, 5) is 12.0. The molecule has 94 valence electrons. The van der Waals surface area contributed by atoms with E-state index in [9.17, 15) is 4.79 Å². The molecule has 0 aromatic carbocycles. The van der Waals surface area contributed by atoms with Crippen molar-refractivity contribution in [3.63, 3.8) is 0 Å². The van der Waals surface area contributed by atoms with E-state index >= 15 is 0 Å². The average molecular weight is 227 g/mol. The van der Waals surface area contributed by atoms with Crippen molar-refractivity contribution in [3.05, 3.63) is 0 Å². The monoisotopic (exact) mass is 227 g/mol. The Balaban J connectivity index is 2.34. The summed E-state index contributed by atoms with van der Waals surface area (Å²) >= 11 is 0. The molecule has 0 bridgehead atoms. The Kier molecular flexibility index (Phi) is 4.36. The minimum Gasteiger partial charge on any atom is -0.465 e. The molecule has 0 aromatic rings. The van der Waals surface area contributed by atoms with E-state index in [0.29, 0.717) is 6.61 Å². The van der Waals surface area contributed by atoms with Crippen molar-refractivity contribution in [2.24, 2.45) is 10.8 Å². The highest BCUT2D eigenvalue weighted by Crippen LogP contribution is 2.29. The summed E-state index contributed by atoms with van der Waals surface area (Å²) in [7, 11) is 0. The second kappa shape index (κ2) is 5.17. The number of nitrogens with one attached hydrogen (secondary N) is 1. The number of carbonyl (C=O) groups excluding carboxylic acids is 1. The largest absolute Gasteiger partial charge is 0.465 e. The van der Waals surface area contributed by atoms with Gasteiger partial charge < -0.3 is 10.1 Å². The number of ether oxygens (including phenoxy) is 1. The van der Waals surface area contributed by atoms with Crippen LogP contribution in [0.5, 0.6) is 0 Å². The highest BCUT2D eigenvalue weighted by Gasteiger charge is 2.36. The maximum Gasteiger partial charge on any atom is 0.311 e. The van der Waals surface area contributed by atoms with Gasteiger partial charge in [0, 0.05) is 0 Å². The van der Waals surface area contributed by atoms with Crippen molar-refractivity contribution in [1.29, 1.82) is 0 Å². The van der Waals surface area contributed by atoms with Crippen LogP contribution in [0.2, 0.25) is 0 Å². The molecule has 3 heteroatoms. The number of carbonyl (C=O) groups is 1. The first-order valence-electron chi connectivity index (χ1n) is 6.21. The van der Waals surface area contributed by atoms with E-state index in [0.717, 1.165) is 32.4 Å². The minimum atomic E-state index is -0.261. The topological polar surface area (TPSA) is 38.3 Å². The Morgan fingerprint density at radius 2 is 1.88 bits per heavy atom. The molecule has 0 radical (unpaired) electrons. The van der Waals surface area contributed by atoms with Crippen LogP contribution < -0.4 is 5.32 Å². The molecule has 3 nitrogen and oxygen atoms in total. The van der Waals surface area contributed by atoms with E-state index in [1.54, 1.807) is 0 Å². The van der Waals surface area contributed by atoms with E-state index in [1.807, 2.05) is 6.92 Å². The van der Waals surface area contributed by atoms with Gasteiger partial charge in [-0.05, 0) is 44.7 Å². The number of hydrogen-bond donors (Lipinski definition) is 1. The van der Waals surface area contributed by atoms with Crippen LogP contribution >= 0.6 is 0 Å². The Labute approximate surface area is 98.9 Å². The third-order valence-electron chi connectivity index (χ3n) is 3.29. The van der Waals surface area contributed by atoms with Gasteiger partial charge in [-0.2, -0.15) is 0 Å². The lowest BCUT2D eigenvalue weighted by Crippen LogP contribution is -2.41. The number of piperidine rings is 1. The van der Waals surface area contributed by atoms with Crippen molar-refractivity contribution in [2.75, 3.05) is 19.7 Å². The number of hydrogen-bond acceptors (Lipinski definition) is 3. The average Bonchev–Trinajstić information content (AvgIpc) is 2.16. The van der Waals surface area contributed by atoms with Gasteiger partial charge in [-0.3, -0.25) is 4.79 Å². The summed E-state index contributed by atoms with van der Waals surface area (Å²) in [6.07, 6.45) is 2.70. The van der Waals surface area contributed by atoms with E-state index in [4.69, 9.17) is 4.74 Å². The summed E-state index contributed by atoms with van der Waals surface area (Å²) in [5.74, 6) is -0.0155. The molecule has 1 aliphatic rings. The minimum absolute atomic E-state index is 0.0155. The SMILES string of the molecule is CC(C)(C)CCOC(=O)C1(C)CCNCC1. The molecule has 0 amide bonds. The summed E-state index contributed by atoms with van der Waals surface area (Å²) in [6.45, 7) is 10.9. The molecule has 1 fully saturated rings. The predicted octanol–water partition coefficient (Wildman–Crippen LogP) is 2.36. The van der Waals surface area contributed by atoms with Gasteiger partial charge in [-0.25, -0.2) is 0 Å². The first kappa shape index (κ1) is 13.5. The van der Waals surface area contributed by atoms with Crippen LogP contribution in [0.15, 0.2) is 0 Å². The summed E-state index contributed by atoms with van der Waals surface area (Å²) in [6, 6.07) is 0. The third-order valence-corrected chi connectivity index (χ3v) is 3.29. The Bertz CT molecular complexity index is 237. The molecule has 16 heavy (non-hydrogen) atoms. The highest BCUT2D eigenvalue weighted by molar-refractivity contribution is 5.76. The van der Waals surface area contributed by atoms with Crippen LogP contribution in [0, 0.1) is 10.8 Å². The molecule has 1 saturated heterocycles. The Hall–Kier alpha value is -0.570. The van der Waals surface area contributed by atoms with E-state index in [1.165, 1.54) is 0 Å². The van der Waals surface area contributed by atoms with Crippen LogP contribution in [0.25, 0.3) is 0 Å². The summed E-state index contributed by atoms with van der Waals surface area (Å²) in [5, 5.41) is 3.27. The molecule has 1 aliphatic heterocycles. The first-order valence-corrected chi connectivity index (χ1v) is 6.21. The first-order chi connectivity index (χ1) is 7.33. The van der Waals surface area contributed by atoms with Gasteiger partial charge in [0.2, 0.25) is 0 Å². The molecular formula is C13H25NO2. The molecule has 0 saturated carbocycles. The van der Waals surface area contributed by atoms with Gasteiger partial charge in [-0.15, -0.1) is 0 Å². The van der Waals surface area contributed by atoms with Gasteiger partial charge in [-0.1, -0.05) is 20.8 Å². The number of esters is 1. The van der Waals surface area contributed by atoms with Crippen LogP contribution in [-0.2, 0) is 9.53 Å². The second-order valence-electron chi connectivity index (χ2n) is 6.26. The smallest absolute Gasteiger partial charge is 0.311 e. The molecule has 0 spiro atoms. The van der Waals surface area contributed by atoms with E-state index in [-0.39, 0.29) is 16.8 Å². The Morgan fingerprint density at radius 1 is 1.31 bits per heavy atom. The standard InChI is InChI=1S/C13H25NO2/c1-12(2,3)7-10-16-11(15)13(4)5-8-14-9-6-13/h14H,5-10H2,1-4H3. The highest BCUT2D eigenvalue weighted by atomic mass is 16.5. The third kappa shape index (κ3) is 4.12. The molecule has 0 atom stereocenters.